The van der Waals surface area contributed by atoms with Crippen LogP contribution in [-0.2, 0) is 14.8 Å². The van der Waals surface area contributed by atoms with Crippen LogP contribution in [0.1, 0.15) is 19.8 Å². The highest BCUT2D eigenvalue weighted by Gasteiger charge is 2.32. The first kappa shape index (κ1) is 12.3. The van der Waals surface area contributed by atoms with E-state index >= 15 is 0 Å². The maximum atomic E-state index is 11.9. The predicted molar refractivity (Wildman–Crippen MR) is 61.8 cm³/mol. The van der Waals surface area contributed by atoms with Gasteiger partial charge in [0.1, 0.15) is 10.7 Å². The average molecular weight is 260 g/mol. The Hall–Kier alpha value is -1.12. The smallest absolute Gasteiger partial charge is 0.245 e. The number of sulfonamides is 1. The van der Waals surface area contributed by atoms with Gasteiger partial charge in [0, 0.05) is 13.2 Å². The number of nitrogens with two attached hydrogens (primary N) is 1. The lowest BCUT2D eigenvalue weighted by Crippen LogP contribution is -2.40. The third-order valence-electron chi connectivity index (χ3n) is 2.86. The van der Waals surface area contributed by atoms with Crippen molar-refractivity contribution >= 4 is 15.8 Å². The Morgan fingerprint density at radius 3 is 3.00 bits per heavy atom. The first-order chi connectivity index (χ1) is 7.93. The Labute approximate surface area is 99.8 Å². The first-order valence-electron chi connectivity index (χ1n) is 5.35. The molecule has 2 rings (SSSR count). The molecular weight excluding hydrogens is 244 g/mol. The van der Waals surface area contributed by atoms with Gasteiger partial charge in [-0.3, -0.25) is 5.10 Å². The monoisotopic (exact) mass is 260 g/mol. The molecule has 0 amide bonds. The molecular formula is C9H16N4O3S. The molecule has 1 aromatic rings. The number of rotatable bonds is 4. The lowest BCUT2D eigenvalue weighted by atomic mass is 10.0. The van der Waals surface area contributed by atoms with Crippen LogP contribution in [0.2, 0.25) is 0 Å². The molecule has 0 aromatic carbocycles. The summed E-state index contributed by atoms with van der Waals surface area (Å²) in [6.45, 7) is 2.80. The van der Waals surface area contributed by atoms with Crippen molar-refractivity contribution in [1.82, 2.24) is 14.9 Å². The van der Waals surface area contributed by atoms with Crippen molar-refractivity contribution < 1.29 is 13.2 Å². The fourth-order valence-electron chi connectivity index (χ4n) is 1.80. The molecule has 0 aliphatic carbocycles. The predicted octanol–water partition coefficient (Wildman–Crippen LogP) is -0.161. The number of hydrogen-bond donors (Lipinski definition) is 3. The minimum atomic E-state index is -3.62. The summed E-state index contributed by atoms with van der Waals surface area (Å²) in [6, 6.07) is 0. The van der Waals surface area contributed by atoms with Gasteiger partial charge in [-0.15, -0.1) is 0 Å². The van der Waals surface area contributed by atoms with Crippen molar-refractivity contribution in [2.24, 2.45) is 0 Å². The van der Waals surface area contributed by atoms with E-state index in [0.717, 1.165) is 12.8 Å². The van der Waals surface area contributed by atoms with Gasteiger partial charge in [-0.2, -0.15) is 5.10 Å². The summed E-state index contributed by atoms with van der Waals surface area (Å²) in [5.74, 6) is 0.0370. The van der Waals surface area contributed by atoms with Crippen LogP contribution >= 0.6 is 0 Å². The number of ether oxygens (including phenoxy) is 1. The molecule has 0 saturated carbocycles. The standard InChI is InChI=1S/C9H16N4O3S/c1-9(3-2-4-16-9)6-12-17(14,15)7-5-11-13-8(7)10/h5,12H,2-4,6H2,1H3,(H3,10,11,13). The summed E-state index contributed by atoms with van der Waals surface area (Å²) in [5.41, 5.74) is 5.05. The van der Waals surface area contributed by atoms with E-state index in [1.54, 1.807) is 0 Å². The second-order valence-corrected chi connectivity index (χ2v) is 6.11. The van der Waals surface area contributed by atoms with Crippen molar-refractivity contribution in [1.29, 1.82) is 0 Å². The molecule has 1 aliphatic heterocycles. The van der Waals surface area contributed by atoms with E-state index in [9.17, 15) is 8.42 Å². The maximum absolute atomic E-state index is 11.9. The zero-order chi connectivity index (χ0) is 12.5. The Morgan fingerprint density at radius 1 is 1.71 bits per heavy atom. The molecule has 1 unspecified atom stereocenters. The van der Waals surface area contributed by atoms with Crippen LogP contribution in [-0.4, -0.2) is 37.4 Å². The number of nitrogens with zero attached hydrogens (tertiary/aromatic N) is 1. The van der Waals surface area contributed by atoms with E-state index in [1.165, 1.54) is 6.20 Å². The number of aromatic nitrogens is 2. The molecule has 0 spiro atoms. The molecule has 1 aliphatic rings. The number of nitrogen functional groups attached to an aromatic ring is 1. The highest BCUT2D eigenvalue weighted by atomic mass is 32.2. The van der Waals surface area contributed by atoms with Crippen molar-refractivity contribution in [2.45, 2.75) is 30.3 Å². The Morgan fingerprint density at radius 2 is 2.47 bits per heavy atom. The molecule has 4 N–H and O–H groups in total. The van der Waals surface area contributed by atoms with Gasteiger partial charge in [0.05, 0.1) is 11.8 Å². The van der Waals surface area contributed by atoms with E-state index < -0.39 is 15.6 Å². The Balaban J connectivity index is 2.06. The topological polar surface area (TPSA) is 110 Å². The SMILES string of the molecule is CC1(CNS(=O)(=O)c2cn[nH]c2N)CCCO1. The lowest BCUT2D eigenvalue weighted by Gasteiger charge is -2.23. The summed E-state index contributed by atoms with van der Waals surface area (Å²) in [6.07, 6.45) is 2.98. The maximum Gasteiger partial charge on any atom is 0.245 e. The third kappa shape index (κ3) is 2.59. The minimum Gasteiger partial charge on any atom is -0.383 e. The molecule has 0 radical (unpaired) electrons. The van der Waals surface area contributed by atoms with Crippen LogP contribution < -0.4 is 10.5 Å². The molecule has 7 nitrogen and oxygen atoms in total. The summed E-state index contributed by atoms with van der Waals surface area (Å²) in [4.78, 5) is -0.0286. The molecule has 1 saturated heterocycles. The molecule has 1 aromatic heterocycles. The van der Waals surface area contributed by atoms with Crippen LogP contribution in [0.5, 0.6) is 0 Å². The van der Waals surface area contributed by atoms with Crippen LogP contribution in [0.3, 0.4) is 0 Å². The normalized spacial score (nSPS) is 25.2. The zero-order valence-electron chi connectivity index (χ0n) is 9.56. The fraction of sp³-hybridized carbons (Fsp3) is 0.667. The molecule has 8 heteroatoms. The number of hydrogen-bond acceptors (Lipinski definition) is 5. The van der Waals surface area contributed by atoms with E-state index in [2.05, 4.69) is 14.9 Å². The van der Waals surface area contributed by atoms with Gasteiger partial charge in [0.15, 0.2) is 0 Å². The van der Waals surface area contributed by atoms with E-state index in [0.29, 0.717) is 6.61 Å². The van der Waals surface area contributed by atoms with Crippen LogP contribution in [0, 0.1) is 0 Å². The van der Waals surface area contributed by atoms with Gasteiger partial charge in [-0.05, 0) is 19.8 Å². The first-order valence-corrected chi connectivity index (χ1v) is 6.84. The fourth-order valence-corrected chi connectivity index (χ4v) is 2.98. The summed E-state index contributed by atoms with van der Waals surface area (Å²) in [7, 11) is -3.62. The number of nitrogens with one attached hydrogen (secondary N) is 2. The quantitative estimate of drug-likeness (QED) is 0.696. The van der Waals surface area contributed by atoms with Crippen molar-refractivity contribution in [3.8, 4) is 0 Å². The van der Waals surface area contributed by atoms with Crippen LogP contribution in [0.4, 0.5) is 5.82 Å². The van der Waals surface area contributed by atoms with Crippen molar-refractivity contribution in [2.75, 3.05) is 18.9 Å². The van der Waals surface area contributed by atoms with Crippen LogP contribution in [0.15, 0.2) is 11.1 Å². The summed E-state index contributed by atoms with van der Waals surface area (Å²) >= 11 is 0. The molecule has 17 heavy (non-hydrogen) atoms. The third-order valence-corrected chi connectivity index (χ3v) is 4.29. The highest BCUT2D eigenvalue weighted by molar-refractivity contribution is 7.89. The van der Waals surface area contributed by atoms with E-state index in [-0.39, 0.29) is 17.3 Å². The van der Waals surface area contributed by atoms with Gasteiger partial charge in [-0.25, -0.2) is 13.1 Å². The zero-order valence-corrected chi connectivity index (χ0v) is 10.4. The highest BCUT2D eigenvalue weighted by Crippen LogP contribution is 2.25. The molecule has 1 atom stereocenters. The van der Waals surface area contributed by atoms with Gasteiger partial charge in [-0.1, -0.05) is 0 Å². The number of H-pyrrole nitrogens is 1. The number of aromatic amines is 1. The van der Waals surface area contributed by atoms with Gasteiger partial charge >= 0.3 is 0 Å². The van der Waals surface area contributed by atoms with E-state index in [1.807, 2.05) is 6.92 Å². The van der Waals surface area contributed by atoms with Crippen molar-refractivity contribution in [3.05, 3.63) is 6.20 Å². The number of anilines is 1. The largest absolute Gasteiger partial charge is 0.383 e. The molecule has 0 bridgehead atoms. The summed E-state index contributed by atoms with van der Waals surface area (Å²) < 4.78 is 31.8. The molecule has 1 fully saturated rings. The van der Waals surface area contributed by atoms with Gasteiger partial charge < -0.3 is 10.5 Å². The Bertz CT molecular complexity index is 490. The van der Waals surface area contributed by atoms with Gasteiger partial charge in [0.25, 0.3) is 0 Å². The van der Waals surface area contributed by atoms with Crippen LogP contribution in [0.25, 0.3) is 0 Å². The van der Waals surface area contributed by atoms with Crippen molar-refractivity contribution in [3.63, 3.8) is 0 Å². The lowest BCUT2D eigenvalue weighted by molar-refractivity contribution is 0.0250. The molecule has 96 valence electrons. The minimum absolute atomic E-state index is 0.0286. The molecule has 2 heterocycles. The second kappa shape index (κ2) is 4.28. The summed E-state index contributed by atoms with van der Waals surface area (Å²) in [5, 5.41) is 5.97. The van der Waals surface area contributed by atoms with Gasteiger partial charge in [0.2, 0.25) is 10.0 Å². The average Bonchev–Trinajstić information content (AvgIpc) is 2.86. The van der Waals surface area contributed by atoms with E-state index in [4.69, 9.17) is 10.5 Å². The second-order valence-electron chi connectivity index (χ2n) is 4.37. The Kier molecular flexibility index (Phi) is 3.11.